The number of carbonyl (C=O) groups is 2. The summed E-state index contributed by atoms with van der Waals surface area (Å²) < 4.78 is 15.8. The second-order valence-electron chi connectivity index (χ2n) is 7.05. The van der Waals surface area contributed by atoms with Gasteiger partial charge in [-0.3, -0.25) is 9.69 Å². The molecule has 0 aliphatic carbocycles. The molecule has 1 unspecified atom stereocenters. The van der Waals surface area contributed by atoms with Crippen LogP contribution in [0.2, 0.25) is 0 Å². The van der Waals surface area contributed by atoms with Gasteiger partial charge in [0.15, 0.2) is 16.6 Å². The van der Waals surface area contributed by atoms with Crippen molar-refractivity contribution >= 4 is 34.9 Å². The third-order valence-electron chi connectivity index (χ3n) is 5.42. The normalized spacial score (nSPS) is 17.5. The van der Waals surface area contributed by atoms with Crippen molar-refractivity contribution in [2.45, 2.75) is 25.9 Å². The zero-order valence-electron chi connectivity index (χ0n) is 17.0. The molecule has 2 aliphatic heterocycles. The second kappa shape index (κ2) is 7.95. The quantitative estimate of drug-likeness (QED) is 0.538. The van der Waals surface area contributed by atoms with Crippen LogP contribution in [-0.4, -0.2) is 48.8 Å². The van der Waals surface area contributed by atoms with E-state index in [1.165, 1.54) is 4.90 Å². The Morgan fingerprint density at radius 2 is 1.73 bits per heavy atom. The van der Waals surface area contributed by atoms with Gasteiger partial charge in [0, 0.05) is 13.0 Å². The van der Waals surface area contributed by atoms with Crippen LogP contribution in [0.5, 0.6) is 11.5 Å². The number of amides is 1. The largest absolute Gasteiger partial charge is 0.493 e. The molecule has 156 valence electrons. The number of ether oxygens (including phenoxy) is 3. The highest BCUT2D eigenvalue weighted by atomic mass is 32.1. The highest BCUT2D eigenvalue weighted by Crippen LogP contribution is 2.38. The van der Waals surface area contributed by atoms with E-state index in [2.05, 4.69) is 0 Å². The molecule has 0 radical (unpaired) electrons. The topological polar surface area (TPSA) is 68.3 Å². The molecule has 2 aliphatic rings. The van der Waals surface area contributed by atoms with Crippen LogP contribution in [0.3, 0.4) is 0 Å². The van der Waals surface area contributed by atoms with Gasteiger partial charge in [-0.1, -0.05) is 0 Å². The van der Waals surface area contributed by atoms with E-state index in [9.17, 15) is 9.59 Å². The Balaban J connectivity index is 1.61. The molecule has 0 aromatic heterocycles. The molecule has 0 N–H and O–H groups in total. The molecule has 1 fully saturated rings. The number of esters is 1. The van der Waals surface area contributed by atoms with Crippen molar-refractivity contribution in [3.63, 3.8) is 0 Å². The number of methoxy groups -OCH3 is 2. The highest BCUT2D eigenvalue weighted by Gasteiger charge is 2.45. The summed E-state index contributed by atoms with van der Waals surface area (Å²) in [5, 5.41) is 0.453. The molecule has 7 nitrogen and oxygen atoms in total. The van der Waals surface area contributed by atoms with Crippen molar-refractivity contribution in [3.8, 4) is 11.5 Å². The van der Waals surface area contributed by atoms with Gasteiger partial charge in [0.2, 0.25) is 0 Å². The molecular weight excluding hydrogens is 404 g/mol. The molecule has 1 atom stereocenters. The molecule has 0 saturated carbocycles. The Bertz CT molecular complexity index is 970. The summed E-state index contributed by atoms with van der Waals surface area (Å²) in [6.07, 6.45) is 0.534. The second-order valence-corrected chi connectivity index (χ2v) is 7.41. The molecule has 2 heterocycles. The molecular formula is C22H22N2O5S. The van der Waals surface area contributed by atoms with Gasteiger partial charge in [-0.15, -0.1) is 0 Å². The van der Waals surface area contributed by atoms with E-state index in [0.717, 1.165) is 11.1 Å². The highest BCUT2D eigenvalue weighted by molar-refractivity contribution is 7.80. The predicted octanol–water partition coefficient (Wildman–Crippen LogP) is 2.94. The minimum absolute atomic E-state index is 0.0793. The van der Waals surface area contributed by atoms with Crippen molar-refractivity contribution in [1.82, 2.24) is 4.90 Å². The number of nitrogens with zero attached hydrogens (tertiary/aromatic N) is 2. The smallest absolute Gasteiger partial charge is 0.338 e. The molecule has 1 saturated heterocycles. The minimum Gasteiger partial charge on any atom is -0.493 e. The zero-order valence-corrected chi connectivity index (χ0v) is 17.8. The van der Waals surface area contributed by atoms with Gasteiger partial charge >= 0.3 is 5.97 Å². The molecule has 4 rings (SSSR count). The summed E-state index contributed by atoms with van der Waals surface area (Å²) in [6, 6.07) is 10.2. The van der Waals surface area contributed by atoms with Crippen molar-refractivity contribution in [1.29, 1.82) is 0 Å². The minimum atomic E-state index is -0.393. The van der Waals surface area contributed by atoms with Gasteiger partial charge in [-0.05, 0) is 66.7 Å². The van der Waals surface area contributed by atoms with E-state index in [0.29, 0.717) is 47.4 Å². The fourth-order valence-electron chi connectivity index (χ4n) is 3.90. The Hall–Kier alpha value is -3.13. The Morgan fingerprint density at radius 1 is 1.10 bits per heavy atom. The number of anilines is 1. The lowest BCUT2D eigenvalue weighted by molar-refractivity contribution is -0.120. The maximum Gasteiger partial charge on any atom is 0.338 e. The van der Waals surface area contributed by atoms with Crippen LogP contribution in [0.15, 0.2) is 36.4 Å². The van der Waals surface area contributed by atoms with Gasteiger partial charge in [0.1, 0.15) is 6.04 Å². The lowest BCUT2D eigenvalue weighted by atomic mass is 9.94. The van der Waals surface area contributed by atoms with E-state index in [-0.39, 0.29) is 11.9 Å². The van der Waals surface area contributed by atoms with E-state index >= 15 is 0 Å². The summed E-state index contributed by atoms with van der Waals surface area (Å²) in [5.74, 6) is 0.821. The molecule has 2 aromatic carbocycles. The van der Waals surface area contributed by atoms with E-state index < -0.39 is 5.97 Å². The number of thiocarbonyl (C=S) groups is 1. The number of hydrogen-bond donors (Lipinski definition) is 0. The maximum atomic E-state index is 13.2. The van der Waals surface area contributed by atoms with Crippen LogP contribution < -0.4 is 14.4 Å². The molecule has 8 heteroatoms. The summed E-state index contributed by atoms with van der Waals surface area (Å²) in [5.41, 5.74) is 3.16. The standard InChI is InChI=1S/C22H22N2O5S/c1-4-29-21(26)13-5-7-16(8-6-13)24-20(25)17-9-14-10-18(27-2)19(28-3)11-15(14)12-23(17)22(24)30/h5-8,10-11,17H,4,9,12H2,1-3H3. The summed E-state index contributed by atoms with van der Waals surface area (Å²) in [7, 11) is 3.19. The Labute approximate surface area is 180 Å². The van der Waals surface area contributed by atoms with Gasteiger partial charge < -0.3 is 19.1 Å². The number of rotatable bonds is 5. The van der Waals surface area contributed by atoms with Crippen molar-refractivity contribution in [2.75, 3.05) is 25.7 Å². The third-order valence-corrected chi connectivity index (χ3v) is 5.83. The average molecular weight is 426 g/mol. The molecule has 1 amide bonds. The predicted molar refractivity (Wildman–Crippen MR) is 115 cm³/mol. The van der Waals surface area contributed by atoms with Gasteiger partial charge in [0.25, 0.3) is 5.91 Å². The van der Waals surface area contributed by atoms with Crippen LogP contribution >= 0.6 is 12.2 Å². The lowest BCUT2D eigenvalue weighted by Gasteiger charge is -2.31. The summed E-state index contributed by atoms with van der Waals surface area (Å²) in [4.78, 5) is 28.6. The van der Waals surface area contributed by atoms with Gasteiger partial charge in [-0.2, -0.15) is 0 Å². The van der Waals surface area contributed by atoms with Crippen LogP contribution in [-0.2, 0) is 22.5 Å². The fraction of sp³-hybridized carbons (Fsp3) is 0.318. The Kier molecular flexibility index (Phi) is 5.34. The van der Waals surface area contributed by atoms with E-state index in [1.807, 2.05) is 17.0 Å². The number of carbonyl (C=O) groups excluding carboxylic acids is 2. The molecule has 30 heavy (non-hydrogen) atoms. The van der Waals surface area contributed by atoms with Crippen molar-refractivity contribution < 1.29 is 23.8 Å². The summed E-state index contributed by atoms with van der Waals surface area (Å²) >= 11 is 5.65. The van der Waals surface area contributed by atoms with Crippen LogP contribution in [0.25, 0.3) is 0 Å². The molecule has 2 aromatic rings. The van der Waals surface area contributed by atoms with Crippen molar-refractivity contribution in [3.05, 3.63) is 53.1 Å². The van der Waals surface area contributed by atoms with E-state index in [1.54, 1.807) is 45.4 Å². The monoisotopic (exact) mass is 426 g/mol. The average Bonchev–Trinajstić information content (AvgIpc) is 3.00. The van der Waals surface area contributed by atoms with Crippen LogP contribution in [0.4, 0.5) is 5.69 Å². The maximum absolute atomic E-state index is 13.2. The molecule has 0 spiro atoms. The van der Waals surface area contributed by atoms with Crippen molar-refractivity contribution in [2.24, 2.45) is 0 Å². The number of fused-ring (bicyclic) bond motifs is 2. The zero-order chi connectivity index (χ0) is 21.4. The Morgan fingerprint density at radius 3 is 2.33 bits per heavy atom. The number of benzene rings is 2. The van der Waals surface area contributed by atoms with E-state index in [4.69, 9.17) is 26.4 Å². The first kappa shape index (κ1) is 20.2. The van der Waals surface area contributed by atoms with Crippen LogP contribution in [0.1, 0.15) is 28.4 Å². The lowest BCUT2D eigenvalue weighted by Crippen LogP contribution is -2.40. The summed E-state index contributed by atoms with van der Waals surface area (Å²) in [6.45, 7) is 2.58. The molecule has 0 bridgehead atoms. The van der Waals surface area contributed by atoms with Crippen LogP contribution in [0, 0.1) is 0 Å². The van der Waals surface area contributed by atoms with Gasteiger partial charge in [-0.25, -0.2) is 4.79 Å². The van der Waals surface area contributed by atoms with Gasteiger partial charge in [0.05, 0.1) is 32.1 Å². The third kappa shape index (κ3) is 3.27. The first-order chi connectivity index (χ1) is 14.5. The SMILES string of the molecule is CCOC(=O)c1ccc(N2C(=O)C3Cc4cc(OC)c(OC)cc4CN3C2=S)cc1. The first-order valence-corrected chi connectivity index (χ1v) is 10.0. The number of hydrogen-bond acceptors (Lipinski definition) is 6. The fourth-order valence-corrected chi connectivity index (χ4v) is 4.29. The first-order valence-electron chi connectivity index (χ1n) is 9.64.